The molecule has 2 fully saturated rings. The molecule has 0 spiro atoms. The summed E-state index contributed by atoms with van der Waals surface area (Å²) in [6, 6.07) is 3.45. The van der Waals surface area contributed by atoms with E-state index < -0.39 is 5.97 Å². The van der Waals surface area contributed by atoms with Crippen molar-refractivity contribution in [3.05, 3.63) is 35.9 Å². The van der Waals surface area contributed by atoms with Crippen LogP contribution in [0.3, 0.4) is 0 Å². The fourth-order valence-electron chi connectivity index (χ4n) is 4.31. The second-order valence-corrected chi connectivity index (χ2v) is 7.66. The van der Waals surface area contributed by atoms with Gasteiger partial charge in [-0.1, -0.05) is 12.8 Å². The molecule has 1 amide bonds. The van der Waals surface area contributed by atoms with Crippen molar-refractivity contribution in [1.29, 1.82) is 0 Å². The van der Waals surface area contributed by atoms with Crippen LogP contribution in [0.2, 0.25) is 0 Å². The van der Waals surface area contributed by atoms with Crippen LogP contribution in [0.5, 0.6) is 0 Å². The van der Waals surface area contributed by atoms with Crippen LogP contribution in [0, 0.1) is 5.92 Å². The van der Waals surface area contributed by atoms with Gasteiger partial charge in [0, 0.05) is 36.8 Å². The van der Waals surface area contributed by atoms with Crippen molar-refractivity contribution in [2.45, 2.75) is 44.4 Å². The summed E-state index contributed by atoms with van der Waals surface area (Å²) >= 11 is 0. The van der Waals surface area contributed by atoms with E-state index in [-0.39, 0.29) is 23.4 Å². The van der Waals surface area contributed by atoms with E-state index in [0.717, 1.165) is 68.7 Å². The topological polar surface area (TPSA) is 111 Å². The number of aromatic carboxylic acids is 1. The highest BCUT2D eigenvalue weighted by atomic mass is 16.4. The summed E-state index contributed by atoms with van der Waals surface area (Å²) < 4.78 is 0. The predicted octanol–water partition coefficient (Wildman–Crippen LogP) is 3.02. The Morgan fingerprint density at radius 2 is 2.04 bits per heavy atom. The van der Waals surface area contributed by atoms with E-state index >= 15 is 0 Å². The summed E-state index contributed by atoms with van der Waals surface area (Å²) in [4.78, 5) is 29.8. The van der Waals surface area contributed by atoms with Gasteiger partial charge in [0.25, 0.3) is 0 Å². The molecule has 0 bridgehead atoms. The SMILES string of the molecule is O=C(O)c1cc(N2CCCC(c3[nH]ncc3NC(=O)C3CCCC3)C2)ccn1. The van der Waals surface area contributed by atoms with Crippen LogP contribution in [0.15, 0.2) is 24.5 Å². The minimum Gasteiger partial charge on any atom is -0.477 e. The Morgan fingerprint density at radius 3 is 2.82 bits per heavy atom. The highest BCUT2D eigenvalue weighted by Gasteiger charge is 2.28. The number of pyridine rings is 1. The molecule has 0 aromatic carbocycles. The number of hydrogen-bond donors (Lipinski definition) is 3. The van der Waals surface area contributed by atoms with E-state index in [1.54, 1.807) is 12.3 Å². The Hall–Kier alpha value is -2.90. The summed E-state index contributed by atoms with van der Waals surface area (Å²) in [5.41, 5.74) is 2.62. The minimum absolute atomic E-state index is 0.0469. The second-order valence-electron chi connectivity index (χ2n) is 7.66. The maximum Gasteiger partial charge on any atom is 0.354 e. The van der Waals surface area contributed by atoms with E-state index in [1.807, 2.05) is 6.07 Å². The Morgan fingerprint density at radius 1 is 1.21 bits per heavy atom. The van der Waals surface area contributed by atoms with Crippen molar-refractivity contribution < 1.29 is 14.7 Å². The monoisotopic (exact) mass is 383 g/mol. The number of carbonyl (C=O) groups excluding carboxylic acids is 1. The van der Waals surface area contributed by atoms with E-state index in [0.29, 0.717) is 0 Å². The smallest absolute Gasteiger partial charge is 0.354 e. The van der Waals surface area contributed by atoms with Crippen LogP contribution >= 0.6 is 0 Å². The average molecular weight is 383 g/mol. The molecular weight excluding hydrogens is 358 g/mol. The summed E-state index contributed by atoms with van der Waals surface area (Å²) in [5.74, 6) is -0.637. The van der Waals surface area contributed by atoms with Gasteiger partial charge in [-0.25, -0.2) is 9.78 Å². The number of rotatable bonds is 5. The quantitative estimate of drug-likeness (QED) is 0.732. The van der Waals surface area contributed by atoms with Crippen molar-refractivity contribution in [3.63, 3.8) is 0 Å². The molecule has 4 rings (SSSR count). The Balaban J connectivity index is 1.48. The highest BCUT2D eigenvalue weighted by molar-refractivity contribution is 5.93. The third-order valence-electron chi connectivity index (χ3n) is 5.81. The molecule has 8 nitrogen and oxygen atoms in total. The third kappa shape index (κ3) is 3.85. The molecule has 1 aliphatic carbocycles. The summed E-state index contributed by atoms with van der Waals surface area (Å²) in [5, 5.41) is 19.5. The molecule has 1 saturated carbocycles. The number of carboxylic acid groups (broad SMARTS) is 1. The zero-order valence-electron chi connectivity index (χ0n) is 15.7. The highest BCUT2D eigenvalue weighted by Crippen LogP contribution is 2.33. The van der Waals surface area contributed by atoms with E-state index in [9.17, 15) is 14.7 Å². The lowest BCUT2D eigenvalue weighted by Crippen LogP contribution is -2.35. The third-order valence-corrected chi connectivity index (χ3v) is 5.81. The van der Waals surface area contributed by atoms with Crippen molar-refractivity contribution in [2.24, 2.45) is 5.92 Å². The largest absolute Gasteiger partial charge is 0.477 e. The molecule has 2 aromatic rings. The van der Waals surface area contributed by atoms with Crippen LogP contribution in [0.4, 0.5) is 11.4 Å². The van der Waals surface area contributed by atoms with Gasteiger partial charge in [-0.05, 0) is 37.8 Å². The first-order valence-corrected chi connectivity index (χ1v) is 9.90. The molecule has 1 aliphatic heterocycles. The first-order valence-electron chi connectivity index (χ1n) is 9.90. The van der Waals surface area contributed by atoms with E-state index in [1.165, 1.54) is 6.20 Å². The normalized spacial score (nSPS) is 20.3. The molecule has 3 N–H and O–H groups in total. The van der Waals surface area contributed by atoms with Crippen molar-refractivity contribution in [2.75, 3.05) is 23.3 Å². The van der Waals surface area contributed by atoms with Crippen molar-refractivity contribution >= 4 is 23.3 Å². The number of hydrogen-bond acceptors (Lipinski definition) is 5. The summed E-state index contributed by atoms with van der Waals surface area (Å²) in [6.45, 7) is 1.59. The van der Waals surface area contributed by atoms with Crippen molar-refractivity contribution in [1.82, 2.24) is 15.2 Å². The van der Waals surface area contributed by atoms with Gasteiger partial charge in [0.1, 0.15) is 5.69 Å². The van der Waals surface area contributed by atoms with Crippen LogP contribution in [-0.4, -0.2) is 45.3 Å². The van der Waals surface area contributed by atoms with Gasteiger partial charge in [0.15, 0.2) is 0 Å². The molecule has 0 radical (unpaired) electrons. The zero-order chi connectivity index (χ0) is 19.5. The zero-order valence-corrected chi connectivity index (χ0v) is 15.7. The number of amides is 1. The van der Waals surface area contributed by atoms with Gasteiger partial charge in [-0.15, -0.1) is 0 Å². The van der Waals surface area contributed by atoms with Gasteiger partial charge >= 0.3 is 5.97 Å². The van der Waals surface area contributed by atoms with Gasteiger partial charge in [-0.2, -0.15) is 5.10 Å². The van der Waals surface area contributed by atoms with Crippen LogP contribution in [-0.2, 0) is 4.79 Å². The maximum atomic E-state index is 12.5. The van der Waals surface area contributed by atoms with Crippen molar-refractivity contribution in [3.8, 4) is 0 Å². The number of piperidine rings is 1. The molecular formula is C20H25N5O3. The molecule has 28 heavy (non-hydrogen) atoms. The molecule has 3 heterocycles. The number of nitrogens with zero attached hydrogens (tertiary/aromatic N) is 3. The lowest BCUT2D eigenvalue weighted by molar-refractivity contribution is -0.119. The second kappa shape index (κ2) is 8.00. The van der Waals surface area contributed by atoms with Crippen LogP contribution in [0.1, 0.15) is 60.6 Å². The average Bonchev–Trinajstić information content (AvgIpc) is 3.40. The van der Waals surface area contributed by atoms with Gasteiger partial charge in [-0.3, -0.25) is 9.89 Å². The number of anilines is 2. The fourth-order valence-corrected chi connectivity index (χ4v) is 4.31. The van der Waals surface area contributed by atoms with Gasteiger partial charge in [0.05, 0.1) is 17.6 Å². The molecule has 8 heteroatoms. The van der Waals surface area contributed by atoms with Crippen LogP contribution < -0.4 is 10.2 Å². The number of carbonyl (C=O) groups is 2. The molecule has 1 unspecified atom stereocenters. The minimum atomic E-state index is -1.03. The predicted molar refractivity (Wildman–Crippen MR) is 105 cm³/mol. The number of carboxylic acids is 1. The standard InChI is InChI=1S/C20H25N5O3/c26-19(13-4-1-2-5-13)23-17-11-22-24-18(17)14-6-3-9-25(12-14)15-7-8-21-16(10-15)20(27)28/h7-8,10-11,13-14H,1-6,9,12H2,(H,22,24)(H,23,26)(H,27,28). The Labute approximate surface area is 163 Å². The Kier molecular flexibility index (Phi) is 5.27. The summed E-state index contributed by atoms with van der Waals surface area (Å²) in [6.07, 6.45) is 9.36. The molecule has 2 aliphatic rings. The van der Waals surface area contributed by atoms with E-state index in [2.05, 4.69) is 25.4 Å². The van der Waals surface area contributed by atoms with Gasteiger partial charge < -0.3 is 15.3 Å². The lowest BCUT2D eigenvalue weighted by Gasteiger charge is -2.34. The van der Waals surface area contributed by atoms with Crippen LogP contribution in [0.25, 0.3) is 0 Å². The number of aromatic nitrogens is 3. The molecule has 148 valence electrons. The number of H-pyrrole nitrogens is 1. The first kappa shape index (κ1) is 18.5. The van der Waals surface area contributed by atoms with E-state index in [4.69, 9.17) is 0 Å². The summed E-state index contributed by atoms with van der Waals surface area (Å²) in [7, 11) is 0. The molecule has 1 atom stereocenters. The maximum absolute atomic E-state index is 12.5. The molecule has 1 saturated heterocycles. The Bertz CT molecular complexity index is 859. The lowest BCUT2D eigenvalue weighted by atomic mass is 9.93. The first-order chi connectivity index (χ1) is 13.6. The fraction of sp³-hybridized carbons (Fsp3) is 0.500. The molecule has 2 aromatic heterocycles. The van der Waals surface area contributed by atoms with Gasteiger partial charge in [0.2, 0.25) is 5.91 Å². The number of aromatic amines is 1. The number of nitrogens with one attached hydrogen (secondary N) is 2.